The number of nitrogen functional groups attached to an aromatic ring is 1. The summed E-state index contributed by atoms with van der Waals surface area (Å²) in [5.74, 6) is 0.215. The predicted molar refractivity (Wildman–Crippen MR) is 119 cm³/mol. The van der Waals surface area contributed by atoms with E-state index >= 15 is 0 Å². The summed E-state index contributed by atoms with van der Waals surface area (Å²) in [7, 11) is 0. The number of hydrogen-bond acceptors (Lipinski definition) is 6. The molecule has 30 heavy (non-hydrogen) atoms. The molecule has 0 fully saturated rings. The lowest BCUT2D eigenvalue weighted by atomic mass is 10.1. The number of nitrogens with one attached hydrogen (secondary N) is 3. The van der Waals surface area contributed by atoms with Crippen molar-refractivity contribution < 1.29 is 4.79 Å². The number of aromatic amines is 2. The van der Waals surface area contributed by atoms with Gasteiger partial charge < -0.3 is 16.0 Å². The van der Waals surface area contributed by atoms with Gasteiger partial charge in [-0.3, -0.25) is 9.89 Å². The third-order valence-corrected chi connectivity index (χ3v) is 5.82. The van der Waals surface area contributed by atoms with Crippen LogP contribution in [-0.4, -0.2) is 37.6 Å². The third kappa shape index (κ3) is 3.38. The molecule has 1 aromatic carbocycles. The van der Waals surface area contributed by atoms with Gasteiger partial charge in [0, 0.05) is 46.6 Å². The van der Waals surface area contributed by atoms with E-state index in [1.807, 2.05) is 30.3 Å². The topological polar surface area (TPSA) is 125 Å². The summed E-state index contributed by atoms with van der Waals surface area (Å²) < 4.78 is 0.348. The number of nitrogens with zero attached hydrogens (tertiary/aromatic N) is 3. The number of amides is 1. The van der Waals surface area contributed by atoms with Gasteiger partial charge in [-0.2, -0.15) is 5.10 Å². The molecule has 5 rings (SSSR count). The number of benzene rings is 1. The Kier molecular flexibility index (Phi) is 4.61. The number of carbonyl (C=O) groups excluding carboxylic acids is 1. The highest BCUT2D eigenvalue weighted by atomic mass is 35.5. The Balaban J connectivity index is 1.40. The molecular formula is C20H16ClN7OS. The van der Waals surface area contributed by atoms with Crippen molar-refractivity contribution in [1.29, 1.82) is 0 Å². The molecule has 8 nitrogen and oxygen atoms in total. The van der Waals surface area contributed by atoms with Crippen molar-refractivity contribution >= 4 is 56.5 Å². The van der Waals surface area contributed by atoms with Gasteiger partial charge in [0.05, 0.1) is 16.7 Å². The Labute approximate surface area is 179 Å². The van der Waals surface area contributed by atoms with Crippen LogP contribution in [0, 0.1) is 0 Å². The SMILES string of the molecule is Nc1nc2cc(-c3cc[nH]n3)ccc2c2[nH]c(CCNC(=O)c3csc(Cl)n3)cc12. The van der Waals surface area contributed by atoms with Crippen LogP contribution in [0.1, 0.15) is 16.2 Å². The molecule has 1 amide bonds. The van der Waals surface area contributed by atoms with Gasteiger partial charge in [-0.05, 0) is 18.2 Å². The molecule has 5 N–H and O–H groups in total. The zero-order chi connectivity index (χ0) is 20.7. The number of anilines is 1. The van der Waals surface area contributed by atoms with Crippen molar-refractivity contribution in [2.75, 3.05) is 12.3 Å². The highest BCUT2D eigenvalue weighted by molar-refractivity contribution is 7.14. The molecule has 5 aromatic rings. The first-order chi connectivity index (χ1) is 14.6. The van der Waals surface area contributed by atoms with Crippen LogP contribution < -0.4 is 11.1 Å². The summed E-state index contributed by atoms with van der Waals surface area (Å²) in [6.45, 7) is 0.454. The molecule has 4 heterocycles. The van der Waals surface area contributed by atoms with Crippen LogP contribution in [0.3, 0.4) is 0 Å². The molecule has 0 saturated heterocycles. The van der Waals surface area contributed by atoms with Gasteiger partial charge in [0.1, 0.15) is 11.5 Å². The fourth-order valence-electron chi connectivity index (χ4n) is 3.42. The number of fused-ring (bicyclic) bond motifs is 3. The Morgan fingerprint density at radius 1 is 1.20 bits per heavy atom. The van der Waals surface area contributed by atoms with Crippen molar-refractivity contribution in [1.82, 2.24) is 30.5 Å². The Morgan fingerprint density at radius 3 is 2.87 bits per heavy atom. The van der Waals surface area contributed by atoms with Gasteiger partial charge in [0.25, 0.3) is 5.91 Å². The van der Waals surface area contributed by atoms with Crippen LogP contribution in [-0.2, 0) is 6.42 Å². The van der Waals surface area contributed by atoms with E-state index in [4.69, 9.17) is 17.3 Å². The Hall–Kier alpha value is -3.43. The number of hydrogen-bond donors (Lipinski definition) is 4. The van der Waals surface area contributed by atoms with E-state index in [1.54, 1.807) is 11.6 Å². The average Bonchev–Trinajstić information content (AvgIpc) is 3.48. The van der Waals surface area contributed by atoms with Gasteiger partial charge in [0.15, 0.2) is 4.47 Å². The van der Waals surface area contributed by atoms with Crippen molar-refractivity contribution in [2.24, 2.45) is 0 Å². The van der Waals surface area contributed by atoms with E-state index in [-0.39, 0.29) is 5.91 Å². The molecule has 0 aliphatic rings. The first-order valence-corrected chi connectivity index (χ1v) is 10.4. The summed E-state index contributed by atoms with van der Waals surface area (Å²) in [5, 5.41) is 13.4. The van der Waals surface area contributed by atoms with Gasteiger partial charge in [0.2, 0.25) is 0 Å². The normalized spacial score (nSPS) is 11.4. The molecule has 0 bridgehead atoms. The maximum atomic E-state index is 12.1. The van der Waals surface area contributed by atoms with E-state index in [0.717, 1.165) is 38.8 Å². The smallest absolute Gasteiger partial charge is 0.270 e. The van der Waals surface area contributed by atoms with E-state index in [2.05, 4.69) is 30.5 Å². The number of carbonyl (C=O) groups is 1. The Bertz CT molecular complexity index is 1370. The van der Waals surface area contributed by atoms with Crippen molar-refractivity contribution in [3.63, 3.8) is 0 Å². The molecule has 150 valence electrons. The summed E-state index contributed by atoms with van der Waals surface area (Å²) in [6.07, 6.45) is 2.40. The van der Waals surface area contributed by atoms with E-state index in [1.165, 1.54) is 11.3 Å². The van der Waals surface area contributed by atoms with Gasteiger partial charge >= 0.3 is 0 Å². The van der Waals surface area contributed by atoms with Crippen molar-refractivity contribution in [2.45, 2.75) is 6.42 Å². The summed E-state index contributed by atoms with van der Waals surface area (Å²) in [5.41, 5.74) is 11.0. The van der Waals surface area contributed by atoms with Crippen LogP contribution in [0.25, 0.3) is 33.1 Å². The molecule has 0 unspecified atom stereocenters. The molecule has 0 aliphatic heterocycles. The number of rotatable bonds is 5. The molecule has 10 heteroatoms. The highest BCUT2D eigenvalue weighted by Crippen LogP contribution is 2.31. The molecule has 0 saturated carbocycles. The Morgan fingerprint density at radius 2 is 2.10 bits per heavy atom. The van der Waals surface area contributed by atoms with E-state index in [0.29, 0.717) is 28.9 Å². The zero-order valence-corrected chi connectivity index (χ0v) is 17.1. The minimum Gasteiger partial charge on any atom is -0.383 e. The minimum absolute atomic E-state index is 0.244. The number of nitrogens with two attached hydrogens (primary N) is 1. The van der Waals surface area contributed by atoms with E-state index in [9.17, 15) is 4.79 Å². The second-order valence-corrected chi connectivity index (χ2v) is 8.20. The van der Waals surface area contributed by atoms with Crippen molar-refractivity contribution in [3.05, 3.63) is 57.8 Å². The third-order valence-electron chi connectivity index (χ3n) is 4.84. The highest BCUT2D eigenvalue weighted by Gasteiger charge is 2.13. The minimum atomic E-state index is -0.244. The lowest BCUT2D eigenvalue weighted by molar-refractivity contribution is 0.0950. The summed E-state index contributed by atoms with van der Waals surface area (Å²) >= 11 is 7.01. The first-order valence-electron chi connectivity index (χ1n) is 9.19. The number of aromatic nitrogens is 5. The molecule has 0 atom stereocenters. The summed E-state index contributed by atoms with van der Waals surface area (Å²) in [6, 6.07) is 9.88. The molecule has 0 spiro atoms. The number of pyridine rings is 1. The molecule has 0 radical (unpaired) electrons. The number of thiazole rings is 1. The molecular weight excluding hydrogens is 422 g/mol. The van der Waals surface area contributed by atoms with Crippen LogP contribution in [0.2, 0.25) is 4.47 Å². The van der Waals surface area contributed by atoms with Crippen LogP contribution in [0.4, 0.5) is 5.82 Å². The maximum Gasteiger partial charge on any atom is 0.270 e. The largest absolute Gasteiger partial charge is 0.383 e. The van der Waals surface area contributed by atoms with Crippen molar-refractivity contribution in [3.8, 4) is 11.3 Å². The van der Waals surface area contributed by atoms with Gasteiger partial charge in [-0.1, -0.05) is 23.7 Å². The molecule has 0 aliphatic carbocycles. The zero-order valence-electron chi connectivity index (χ0n) is 15.6. The monoisotopic (exact) mass is 437 g/mol. The van der Waals surface area contributed by atoms with Crippen LogP contribution >= 0.6 is 22.9 Å². The summed E-state index contributed by atoms with van der Waals surface area (Å²) in [4.78, 5) is 24.1. The molecule has 4 aromatic heterocycles. The number of H-pyrrole nitrogens is 2. The fourth-order valence-corrected chi connectivity index (χ4v) is 4.17. The second kappa shape index (κ2) is 7.43. The lowest BCUT2D eigenvalue weighted by Crippen LogP contribution is -2.26. The predicted octanol–water partition coefficient (Wildman–Crippen LogP) is 3.77. The van der Waals surface area contributed by atoms with Crippen LogP contribution in [0.15, 0.2) is 41.9 Å². The van der Waals surface area contributed by atoms with Gasteiger partial charge in [-0.25, -0.2) is 9.97 Å². The average molecular weight is 438 g/mol. The fraction of sp³-hybridized carbons (Fsp3) is 0.100. The first kappa shape index (κ1) is 18.6. The van der Waals surface area contributed by atoms with E-state index < -0.39 is 0 Å². The lowest BCUT2D eigenvalue weighted by Gasteiger charge is -2.04. The van der Waals surface area contributed by atoms with Gasteiger partial charge in [-0.15, -0.1) is 11.3 Å². The second-order valence-electron chi connectivity index (χ2n) is 6.76. The standard InChI is InChI=1S/C20H16ClN7OS/c21-20-27-16(9-30-20)19(29)23-5-3-11-8-13-17(25-11)12-2-1-10(14-4-6-24-28-14)7-15(12)26-18(13)22/h1-2,4,6-9,25H,3,5H2,(H2,22,26)(H,23,29)(H,24,28). The van der Waals surface area contributed by atoms with Crippen LogP contribution in [0.5, 0.6) is 0 Å². The maximum absolute atomic E-state index is 12.1. The number of halogens is 1. The quantitative estimate of drug-likeness (QED) is 0.333.